The van der Waals surface area contributed by atoms with Crippen LogP contribution in [-0.2, 0) is 4.79 Å². The van der Waals surface area contributed by atoms with E-state index in [2.05, 4.69) is 4.98 Å². The highest BCUT2D eigenvalue weighted by molar-refractivity contribution is 5.81. The number of nitrogens with zero attached hydrogens (tertiary/aromatic N) is 2. The molecular formula is C21H22F3N3O. The van der Waals surface area contributed by atoms with Crippen LogP contribution in [0.25, 0.3) is 5.52 Å². The first-order valence-corrected chi connectivity index (χ1v) is 8.93. The molecule has 28 heavy (non-hydrogen) atoms. The third-order valence-electron chi connectivity index (χ3n) is 4.95. The summed E-state index contributed by atoms with van der Waals surface area (Å²) >= 11 is 0. The number of rotatable bonds is 5. The molecule has 1 N–H and O–H groups in total. The van der Waals surface area contributed by atoms with Crippen LogP contribution in [0, 0.1) is 12.3 Å². The molecule has 0 fully saturated rings. The number of carbonyl (C=O) groups excluding carboxylic acids is 1. The van der Waals surface area contributed by atoms with Gasteiger partial charge in [-0.05, 0) is 35.6 Å². The van der Waals surface area contributed by atoms with E-state index in [1.54, 1.807) is 6.20 Å². The van der Waals surface area contributed by atoms with Crippen molar-refractivity contribution in [3.05, 3.63) is 71.8 Å². The lowest BCUT2D eigenvalue weighted by Crippen LogP contribution is -2.43. The number of halogens is 3. The topological polar surface area (TPSA) is 46.4 Å². The Kier molecular flexibility index (Phi) is 5.19. The molecule has 0 aliphatic carbocycles. The van der Waals surface area contributed by atoms with Gasteiger partial charge in [0, 0.05) is 18.7 Å². The van der Waals surface area contributed by atoms with Crippen molar-refractivity contribution in [2.45, 2.75) is 32.9 Å². The summed E-state index contributed by atoms with van der Waals surface area (Å²) in [5.74, 6) is -1.29. The molecule has 0 saturated heterocycles. The van der Waals surface area contributed by atoms with Crippen molar-refractivity contribution in [2.75, 3.05) is 6.54 Å². The summed E-state index contributed by atoms with van der Waals surface area (Å²) in [6.45, 7) is 5.49. The Morgan fingerprint density at radius 3 is 2.46 bits per heavy atom. The molecule has 148 valence electrons. The van der Waals surface area contributed by atoms with Gasteiger partial charge in [-0.2, -0.15) is 13.2 Å². The van der Waals surface area contributed by atoms with Crippen LogP contribution in [0.1, 0.15) is 36.7 Å². The zero-order valence-corrected chi connectivity index (χ0v) is 15.9. The van der Waals surface area contributed by atoms with Crippen molar-refractivity contribution in [1.29, 1.82) is 0 Å². The van der Waals surface area contributed by atoms with Crippen molar-refractivity contribution >= 4 is 11.4 Å². The summed E-state index contributed by atoms with van der Waals surface area (Å²) in [5, 5.41) is 2.04. The molecule has 1 aromatic carbocycles. The van der Waals surface area contributed by atoms with Crippen LogP contribution in [0.15, 0.2) is 54.9 Å². The van der Waals surface area contributed by atoms with Gasteiger partial charge in [-0.1, -0.05) is 44.2 Å². The highest BCUT2D eigenvalue weighted by atomic mass is 19.4. The van der Waals surface area contributed by atoms with E-state index in [1.165, 1.54) is 0 Å². The Labute approximate surface area is 161 Å². The van der Waals surface area contributed by atoms with E-state index in [0.717, 1.165) is 22.5 Å². The van der Waals surface area contributed by atoms with E-state index >= 15 is 0 Å². The van der Waals surface area contributed by atoms with Gasteiger partial charge in [0.1, 0.15) is 5.82 Å². The van der Waals surface area contributed by atoms with E-state index in [0.29, 0.717) is 0 Å². The minimum Gasteiger partial charge on any atom is -0.348 e. The molecule has 3 rings (SSSR count). The zero-order valence-electron chi connectivity index (χ0n) is 15.9. The Morgan fingerprint density at radius 2 is 1.82 bits per heavy atom. The number of nitrogens with one attached hydrogen (secondary N) is 1. The van der Waals surface area contributed by atoms with E-state index in [4.69, 9.17) is 0 Å². The monoisotopic (exact) mass is 389 g/mol. The molecule has 0 saturated carbocycles. The maximum atomic E-state index is 12.6. The van der Waals surface area contributed by atoms with Crippen LogP contribution in [0.2, 0.25) is 0 Å². The number of hydrogen-bond acceptors (Lipinski definition) is 2. The average molecular weight is 389 g/mol. The lowest BCUT2D eigenvalue weighted by atomic mass is 9.71. The van der Waals surface area contributed by atoms with Crippen molar-refractivity contribution in [1.82, 2.24) is 14.7 Å². The summed E-state index contributed by atoms with van der Waals surface area (Å²) in [7, 11) is 0. The van der Waals surface area contributed by atoms with Gasteiger partial charge < -0.3 is 9.72 Å². The standard InChI is InChI=1S/C21H22F3N3O/c1-14-25-12-17-11-16(9-10-27(14)17)18(15-7-5-4-6-8-15)20(2,3)13-26-19(28)21(22,23)24/h4-12,18H,13H2,1-3H3,(H,26,28). The first-order valence-electron chi connectivity index (χ1n) is 8.93. The predicted molar refractivity (Wildman–Crippen MR) is 101 cm³/mol. The second-order valence-corrected chi connectivity index (χ2v) is 7.57. The van der Waals surface area contributed by atoms with Crippen molar-refractivity contribution in [3.63, 3.8) is 0 Å². The van der Waals surface area contributed by atoms with Gasteiger partial charge in [0.2, 0.25) is 0 Å². The summed E-state index contributed by atoms with van der Waals surface area (Å²) in [6.07, 6.45) is -1.22. The fourth-order valence-corrected chi connectivity index (χ4v) is 3.58. The Morgan fingerprint density at radius 1 is 1.14 bits per heavy atom. The second-order valence-electron chi connectivity index (χ2n) is 7.57. The largest absolute Gasteiger partial charge is 0.471 e. The van der Waals surface area contributed by atoms with Gasteiger partial charge in [-0.15, -0.1) is 0 Å². The Bertz CT molecular complexity index is 977. The molecule has 0 radical (unpaired) electrons. The number of hydrogen-bond donors (Lipinski definition) is 1. The fourth-order valence-electron chi connectivity index (χ4n) is 3.58. The molecule has 2 heterocycles. The minimum atomic E-state index is -4.90. The van der Waals surface area contributed by atoms with Crippen LogP contribution in [0.5, 0.6) is 0 Å². The third-order valence-corrected chi connectivity index (χ3v) is 4.95. The summed E-state index contributed by atoms with van der Waals surface area (Å²) < 4.78 is 39.8. The molecule has 1 atom stereocenters. The van der Waals surface area contributed by atoms with Crippen molar-refractivity contribution in [3.8, 4) is 0 Å². The predicted octanol–water partition coefficient (Wildman–Crippen LogP) is 4.48. The van der Waals surface area contributed by atoms with Crippen LogP contribution < -0.4 is 5.32 Å². The van der Waals surface area contributed by atoms with Crippen LogP contribution >= 0.6 is 0 Å². The van der Waals surface area contributed by atoms with Gasteiger partial charge >= 0.3 is 12.1 Å². The summed E-state index contributed by atoms with van der Waals surface area (Å²) in [6, 6.07) is 13.5. The quantitative estimate of drug-likeness (QED) is 0.699. The zero-order chi connectivity index (χ0) is 20.5. The van der Waals surface area contributed by atoms with Crippen LogP contribution in [-0.4, -0.2) is 28.0 Å². The number of pyridine rings is 1. The number of carbonyl (C=O) groups is 1. The molecule has 1 amide bonds. The van der Waals surface area contributed by atoms with Crippen LogP contribution in [0.4, 0.5) is 13.2 Å². The van der Waals surface area contributed by atoms with Crippen LogP contribution in [0.3, 0.4) is 0 Å². The lowest BCUT2D eigenvalue weighted by Gasteiger charge is -2.35. The SMILES string of the molecule is Cc1ncc2cc(C(c3ccccc3)C(C)(C)CNC(=O)C(F)(F)F)ccn12. The van der Waals surface area contributed by atoms with Crippen molar-refractivity contribution < 1.29 is 18.0 Å². The molecule has 0 aliphatic rings. The molecule has 0 spiro atoms. The first kappa shape index (κ1) is 19.9. The van der Waals surface area contributed by atoms with E-state index < -0.39 is 17.5 Å². The number of aryl methyl sites for hydroxylation is 1. The lowest BCUT2D eigenvalue weighted by molar-refractivity contribution is -0.174. The van der Waals surface area contributed by atoms with Gasteiger partial charge in [-0.25, -0.2) is 4.98 Å². The highest BCUT2D eigenvalue weighted by Gasteiger charge is 2.40. The van der Waals surface area contributed by atoms with E-state index in [1.807, 2.05) is 79.2 Å². The second kappa shape index (κ2) is 7.30. The fraction of sp³-hybridized carbons (Fsp3) is 0.333. The number of benzene rings is 1. The number of fused-ring (bicyclic) bond motifs is 1. The molecule has 2 aromatic heterocycles. The summed E-state index contributed by atoms with van der Waals surface area (Å²) in [4.78, 5) is 15.6. The highest BCUT2D eigenvalue weighted by Crippen LogP contribution is 2.41. The minimum absolute atomic E-state index is 0.117. The van der Waals surface area contributed by atoms with Gasteiger partial charge in [0.05, 0.1) is 11.7 Å². The molecule has 0 aliphatic heterocycles. The average Bonchev–Trinajstić information content (AvgIpc) is 3.00. The maximum absolute atomic E-state index is 12.6. The number of amides is 1. The maximum Gasteiger partial charge on any atom is 0.471 e. The molecule has 7 heteroatoms. The molecule has 3 aromatic rings. The number of alkyl halides is 3. The Hall–Kier alpha value is -2.83. The number of aromatic nitrogens is 2. The normalized spacial score (nSPS) is 13.5. The molecule has 1 unspecified atom stereocenters. The van der Waals surface area contributed by atoms with Gasteiger partial charge in [-0.3, -0.25) is 4.79 Å². The van der Waals surface area contributed by atoms with Gasteiger partial charge in [0.15, 0.2) is 0 Å². The molecule has 4 nitrogen and oxygen atoms in total. The third kappa shape index (κ3) is 4.03. The van der Waals surface area contributed by atoms with E-state index in [-0.39, 0.29) is 12.5 Å². The van der Waals surface area contributed by atoms with E-state index in [9.17, 15) is 18.0 Å². The molecule has 0 bridgehead atoms. The first-order chi connectivity index (χ1) is 13.1. The smallest absolute Gasteiger partial charge is 0.348 e. The van der Waals surface area contributed by atoms with Crippen molar-refractivity contribution in [2.24, 2.45) is 5.41 Å². The number of imidazole rings is 1. The Balaban J connectivity index is 1.99. The van der Waals surface area contributed by atoms with Gasteiger partial charge in [0.25, 0.3) is 0 Å². The molecular weight excluding hydrogens is 367 g/mol. The summed E-state index contributed by atoms with van der Waals surface area (Å²) in [5.41, 5.74) is 2.15.